The van der Waals surface area contributed by atoms with E-state index >= 15 is 0 Å². The van der Waals surface area contributed by atoms with E-state index in [1.165, 1.54) is 0 Å². The maximum Gasteiger partial charge on any atom is 0.310 e. The van der Waals surface area contributed by atoms with Crippen molar-refractivity contribution >= 4 is 17.6 Å². The van der Waals surface area contributed by atoms with Gasteiger partial charge in [-0.05, 0) is 37.1 Å². The van der Waals surface area contributed by atoms with Crippen LogP contribution in [0.15, 0.2) is 18.2 Å². The molecule has 13 heavy (non-hydrogen) atoms. The van der Waals surface area contributed by atoms with Crippen molar-refractivity contribution < 1.29 is 9.90 Å². The Morgan fingerprint density at radius 2 is 2.15 bits per heavy atom. The van der Waals surface area contributed by atoms with Gasteiger partial charge in [0.1, 0.15) is 0 Å². The van der Waals surface area contributed by atoms with Gasteiger partial charge < -0.3 is 5.11 Å². The molecule has 0 aromatic heterocycles. The highest BCUT2D eigenvalue weighted by atomic mass is 35.5. The first-order valence-corrected chi connectivity index (χ1v) is 4.39. The van der Waals surface area contributed by atoms with Crippen molar-refractivity contribution in [3.05, 3.63) is 34.3 Å². The zero-order valence-electron chi connectivity index (χ0n) is 7.54. The standard InChI is InChI=1S/C10H11ClO2/c1-6-3-4-8(11)5-9(6)7(2)10(12)13/h3-5,7H,1-2H3,(H,12,13). The number of halogens is 1. The summed E-state index contributed by atoms with van der Waals surface area (Å²) in [6.07, 6.45) is 0. The van der Waals surface area contributed by atoms with Crippen molar-refractivity contribution in [3.63, 3.8) is 0 Å². The fourth-order valence-electron chi connectivity index (χ4n) is 1.21. The summed E-state index contributed by atoms with van der Waals surface area (Å²) in [7, 11) is 0. The molecule has 0 radical (unpaired) electrons. The van der Waals surface area contributed by atoms with Gasteiger partial charge in [-0.2, -0.15) is 0 Å². The Balaban J connectivity index is 3.12. The number of aryl methyl sites for hydroxylation is 1. The molecular formula is C10H11ClO2. The monoisotopic (exact) mass is 198 g/mol. The van der Waals surface area contributed by atoms with E-state index in [4.69, 9.17) is 16.7 Å². The first-order valence-electron chi connectivity index (χ1n) is 4.01. The molecule has 0 spiro atoms. The van der Waals surface area contributed by atoms with E-state index in [0.717, 1.165) is 11.1 Å². The zero-order valence-corrected chi connectivity index (χ0v) is 8.30. The minimum absolute atomic E-state index is 0.501. The molecule has 3 heteroatoms. The highest BCUT2D eigenvalue weighted by molar-refractivity contribution is 6.30. The van der Waals surface area contributed by atoms with Crippen molar-refractivity contribution in [1.29, 1.82) is 0 Å². The molecule has 0 aliphatic carbocycles. The van der Waals surface area contributed by atoms with Gasteiger partial charge in [0.15, 0.2) is 0 Å². The van der Waals surface area contributed by atoms with E-state index in [0.29, 0.717) is 5.02 Å². The molecule has 0 fully saturated rings. The van der Waals surface area contributed by atoms with Crippen molar-refractivity contribution in [1.82, 2.24) is 0 Å². The number of aliphatic carboxylic acids is 1. The lowest BCUT2D eigenvalue weighted by molar-refractivity contribution is -0.138. The van der Waals surface area contributed by atoms with Gasteiger partial charge in [-0.1, -0.05) is 17.7 Å². The van der Waals surface area contributed by atoms with Crippen molar-refractivity contribution in [2.24, 2.45) is 0 Å². The van der Waals surface area contributed by atoms with E-state index in [-0.39, 0.29) is 0 Å². The molecule has 1 unspecified atom stereocenters. The second-order valence-electron chi connectivity index (χ2n) is 3.06. The molecule has 0 amide bonds. The summed E-state index contributed by atoms with van der Waals surface area (Å²) < 4.78 is 0. The fourth-order valence-corrected chi connectivity index (χ4v) is 1.39. The topological polar surface area (TPSA) is 37.3 Å². The van der Waals surface area contributed by atoms with Crippen LogP contribution in [0.25, 0.3) is 0 Å². The Kier molecular flexibility index (Phi) is 2.94. The summed E-state index contributed by atoms with van der Waals surface area (Å²) in [6, 6.07) is 5.29. The summed E-state index contributed by atoms with van der Waals surface area (Å²) >= 11 is 5.77. The first-order chi connectivity index (χ1) is 6.02. The molecule has 70 valence electrons. The van der Waals surface area contributed by atoms with Crippen LogP contribution < -0.4 is 0 Å². The third-order valence-electron chi connectivity index (χ3n) is 2.08. The van der Waals surface area contributed by atoms with Gasteiger partial charge in [0.05, 0.1) is 5.92 Å². The predicted molar refractivity (Wildman–Crippen MR) is 52.2 cm³/mol. The number of carboxylic acid groups (broad SMARTS) is 1. The third-order valence-corrected chi connectivity index (χ3v) is 2.31. The largest absolute Gasteiger partial charge is 0.481 e. The average molecular weight is 199 g/mol. The number of rotatable bonds is 2. The van der Waals surface area contributed by atoms with Gasteiger partial charge in [-0.25, -0.2) is 0 Å². The lowest BCUT2D eigenvalue weighted by Gasteiger charge is -2.10. The Hall–Kier alpha value is -1.02. The number of benzene rings is 1. The van der Waals surface area contributed by atoms with Crippen molar-refractivity contribution in [3.8, 4) is 0 Å². The van der Waals surface area contributed by atoms with Gasteiger partial charge in [-0.3, -0.25) is 4.79 Å². The number of carbonyl (C=O) groups is 1. The van der Waals surface area contributed by atoms with Crippen LogP contribution in [0.1, 0.15) is 24.0 Å². The van der Waals surface area contributed by atoms with Gasteiger partial charge in [0, 0.05) is 5.02 Å². The van der Waals surface area contributed by atoms with Crippen LogP contribution in [-0.2, 0) is 4.79 Å². The van der Waals surface area contributed by atoms with Gasteiger partial charge >= 0.3 is 5.97 Å². The first kappa shape index (κ1) is 10.1. The second-order valence-corrected chi connectivity index (χ2v) is 3.50. The Morgan fingerprint density at radius 3 is 2.69 bits per heavy atom. The molecule has 1 atom stereocenters. The van der Waals surface area contributed by atoms with Crippen LogP contribution in [0.5, 0.6) is 0 Å². The van der Waals surface area contributed by atoms with E-state index in [9.17, 15) is 4.79 Å². The summed E-state index contributed by atoms with van der Waals surface area (Å²) in [5.74, 6) is -1.33. The predicted octanol–water partition coefficient (Wildman–Crippen LogP) is 2.84. The molecule has 0 aliphatic rings. The minimum Gasteiger partial charge on any atom is -0.481 e. The molecule has 2 nitrogen and oxygen atoms in total. The molecule has 0 aliphatic heterocycles. The molecule has 1 N–H and O–H groups in total. The summed E-state index contributed by atoms with van der Waals surface area (Å²) in [6.45, 7) is 3.53. The molecule has 1 rings (SSSR count). The van der Waals surface area contributed by atoms with Crippen LogP contribution in [0.2, 0.25) is 5.02 Å². The Bertz CT molecular complexity index is 334. The van der Waals surface area contributed by atoms with Crippen molar-refractivity contribution in [2.45, 2.75) is 19.8 Å². The Labute approximate surface area is 82.2 Å². The molecule has 0 heterocycles. The van der Waals surface area contributed by atoms with Crippen LogP contribution >= 0.6 is 11.6 Å². The van der Waals surface area contributed by atoms with Crippen LogP contribution in [0, 0.1) is 6.92 Å². The summed E-state index contributed by atoms with van der Waals surface area (Å²) in [4.78, 5) is 10.7. The van der Waals surface area contributed by atoms with E-state index in [1.54, 1.807) is 19.1 Å². The lowest BCUT2D eigenvalue weighted by atomic mass is 9.97. The second kappa shape index (κ2) is 3.79. The molecule has 1 aromatic carbocycles. The van der Waals surface area contributed by atoms with Gasteiger partial charge in [0.25, 0.3) is 0 Å². The van der Waals surface area contributed by atoms with E-state index in [2.05, 4.69) is 0 Å². The maximum absolute atomic E-state index is 10.7. The normalized spacial score (nSPS) is 12.5. The van der Waals surface area contributed by atoms with Gasteiger partial charge in [-0.15, -0.1) is 0 Å². The number of hydrogen-bond donors (Lipinski definition) is 1. The maximum atomic E-state index is 10.7. The highest BCUT2D eigenvalue weighted by Crippen LogP contribution is 2.23. The highest BCUT2D eigenvalue weighted by Gasteiger charge is 2.15. The van der Waals surface area contributed by atoms with Crippen LogP contribution in [0.4, 0.5) is 0 Å². The molecule has 0 saturated carbocycles. The van der Waals surface area contributed by atoms with E-state index < -0.39 is 11.9 Å². The average Bonchev–Trinajstić information content (AvgIpc) is 2.08. The SMILES string of the molecule is Cc1ccc(Cl)cc1C(C)C(=O)O. The fraction of sp³-hybridized carbons (Fsp3) is 0.300. The Morgan fingerprint density at radius 1 is 1.54 bits per heavy atom. The lowest BCUT2D eigenvalue weighted by Crippen LogP contribution is -2.08. The zero-order chi connectivity index (χ0) is 10.0. The third kappa shape index (κ3) is 2.22. The summed E-state index contributed by atoms with van der Waals surface area (Å²) in [5.41, 5.74) is 1.74. The van der Waals surface area contributed by atoms with Gasteiger partial charge in [0.2, 0.25) is 0 Å². The summed E-state index contributed by atoms with van der Waals surface area (Å²) in [5, 5.41) is 9.39. The number of hydrogen-bond acceptors (Lipinski definition) is 1. The molecule has 0 bridgehead atoms. The minimum atomic E-state index is -0.828. The smallest absolute Gasteiger partial charge is 0.310 e. The molecule has 1 aromatic rings. The van der Waals surface area contributed by atoms with Crippen LogP contribution in [0.3, 0.4) is 0 Å². The quantitative estimate of drug-likeness (QED) is 0.794. The number of carboxylic acids is 1. The molecular weight excluding hydrogens is 188 g/mol. The van der Waals surface area contributed by atoms with Crippen molar-refractivity contribution in [2.75, 3.05) is 0 Å². The van der Waals surface area contributed by atoms with E-state index in [1.807, 2.05) is 13.0 Å². The molecule has 0 saturated heterocycles. The van der Waals surface area contributed by atoms with Crippen LogP contribution in [-0.4, -0.2) is 11.1 Å².